The quantitative estimate of drug-likeness (QED) is 0.262. The summed E-state index contributed by atoms with van der Waals surface area (Å²) in [6.45, 7) is 0. The second-order valence-electron chi connectivity index (χ2n) is 8.47. The standard InChI is InChI=1S/C24H20BrFN4O5S2/c25-14-1-8-21-22(9-14)28-13-23(37(33,34)30-16-4-5-16)24(21)29-17-10-19(12-20(11-17)36(27,31)32)35-18-6-2-15(26)3-7-18/h1-3,6-13,16,30H,4-5H2,(H,28,29)(H2,27,31,32). The zero-order chi connectivity index (χ0) is 26.4. The summed E-state index contributed by atoms with van der Waals surface area (Å²) in [6.07, 6.45) is 2.74. The van der Waals surface area contributed by atoms with E-state index in [-0.39, 0.29) is 38.7 Å². The van der Waals surface area contributed by atoms with Crippen LogP contribution in [0.1, 0.15) is 12.8 Å². The number of aromatic nitrogens is 1. The van der Waals surface area contributed by atoms with Crippen molar-refractivity contribution >= 4 is 58.3 Å². The maximum atomic E-state index is 13.3. The molecule has 1 aromatic heterocycles. The highest BCUT2D eigenvalue weighted by Crippen LogP contribution is 2.36. The molecule has 1 heterocycles. The van der Waals surface area contributed by atoms with E-state index in [1.54, 1.807) is 18.2 Å². The Bertz CT molecular complexity index is 1730. The number of halogens is 2. The average Bonchev–Trinajstić information content (AvgIpc) is 3.63. The first-order valence-corrected chi connectivity index (χ1v) is 14.8. The smallest absolute Gasteiger partial charge is 0.244 e. The highest BCUT2D eigenvalue weighted by Gasteiger charge is 2.30. The molecule has 4 N–H and O–H groups in total. The van der Waals surface area contributed by atoms with Gasteiger partial charge >= 0.3 is 0 Å². The summed E-state index contributed by atoms with van der Waals surface area (Å²) in [5.41, 5.74) is 0.902. The Hall–Kier alpha value is -3.10. The molecule has 0 saturated heterocycles. The Balaban J connectivity index is 1.63. The number of fused-ring (bicyclic) bond motifs is 1. The van der Waals surface area contributed by atoms with Crippen LogP contribution in [0, 0.1) is 5.82 Å². The van der Waals surface area contributed by atoms with Gasteiger partial charge in [0, 0.05) is 39.9 Å². The number of hydrogen-bond acceptors (Lipinski definition) is 7. The normalized spacial score (nSPS) is 14.0. The largest absolute Gasteiger partial charge is 0.457 e. The molecule has 0 atom stereocenters. The molecule has 0 unspecified atom stereocenters. The van der Waals surface area contributed by atoms with Gasteiger partial charge in [-0.05, 0) is 61.4 Å². The van der Waals surface area contributed by atoms with E-state index in [2.05, 4.69) is 31.0 Å². The summed E-state index contributed by atoms with van der Waals surface area (Å²) in [6, 6.07) is 14.2. The molecule has 0 spiro atoms. The van der Waals surface area contributed by atoms with Gasteiger partial charge in [-0.25, -0.2) is 31.1 Å². The fraction of sp³-hybridized carbons (Fsp3) is 0.125. The van der Waals surface area contributed by atoms with Crippen molar-refractivity contribution < 1.29 is 26.0 Å². The Morgan fingerprint density at radius 2 is 1.70 bits per heavy atom. The van der Waals surface area contributed by atoms with E-state index in [9.17, 15) is 21.2 Å². The van der Waals surface area contributed by atoms with Gasteiger partial charge in [0.1, 0.15) is 22.2 Å². The topological polar surface area (TPSA) is 140 Å². The molecule has 0 amide bonds. The van der Waals surface area contributed by atoms with E-state index < -0.39 is 25.9 Å². The summed E-state index contributed by atoms with van der Waals surface area (Å²) in [4.78, 5) is 3.95. The number of ether oxygens (including phenoxy) is 1. The Morgan fingerprint density at radius 3 is 2.38 bits per heavy atom. The number of hydrogen-bond donors (Lipinski definition) is 3. The van der Waals surface area contributed by atoms with E-state index in [0.29, 0.717) is 10.9 Å². The number of primary sulfonamides is 1. The lowest BCUT2D eigenvalue weighted by Crippen LogP contribution is -2.26. The number of anilines is 2. The zero-order valence-electron chi connectivity index (χ0n) is 19.0. The first-order chi connectivity index (χ1) is 17.5. The molecule has 192 valence electrons. The molecule has 5 rings (SSSR count). The minimum atomic E-state index is -4.16. The van der Waals surface area contributed by atoms with Crippen LogP contribution in [0.4, 0.5) is 15.8 Å². The van der Waals surface area contributed by atoms with Gasteiger partial charge in [0.25, 0.3) is 0 Å². The highest BCUT2D eigenvalue weighted by molar-refractivity contribution is 9.10. The van der Waals surface area contributed by atoms with Crippen molar-refractivity contribution in [3.63, 3.8) is 0 Å². The van der Waals surface area contributed by atoms with Gasteiger partial charge in [-0.15, -0.1) is 0 Å². The van der Waals surface area contributed by atoms with Crippen LogP contribution in [-0.2, 0) is 20.0 Å². The molecule has 1 aliphatic rings. The molecule has 1 saturated carbocycles. The van der Waals surface area contributed by atoms with E-state index in [0.717, 1.165) is 17.3 Å². The fourth-order valence-electron chi connectivity index (χ4n) is 3.62. The van der Waals surface area contributed by atoms with Gasteiger partial charge in [0.05, 0.1) is 16.1 Å². The Labute approximate surface area is 221 Å². The number of nitrogens with zero attached hydrogens (tertiary/aromatic N) is 1. The summed E-state index contributed by atoms with van der Waals surface area (Å²) in [5.74, 6) is -0.116. The minimum absolute atomic E-state index is 0.0854. The van der Waals surface area contributed by atoms with Crippen LogP contribution in [0.15, 0.2) is 81.1 Å². The second kappa shape index (κ2) is 9.65. The van der Waals surface area contributed by atoms with Crippen molar-refractivity contribution in [3.05, 3.63) is 77.2 Å². The SMILES string of the molecule is NS(=O)(=O)c1cc(Nc2c(S(=O)(=O)NC3CC3)cnc3cc(Br)ccc23)cc(Oc2ccc(F)cc2)c1. The first kappa shape index (κ1) is 25.5. The zero-order valence-corrected chi connectivity index (χ0v) is 22.2. The predicted molar refractivity (Wildman–Crippen MR) is 140 cm³/mol. The average molecular weight is 607 g/mol. The lowest BCUT2D eigenvalue weighted by molar-refractivity contribution is 0.479. The molecule has 13 heteroatoms. The van der Waals surface area contributed by atoms with Crippen molar-refractivity contribution in [2.45, 2.75) is 28.7 Å². The highest BCUT2D eigenvalue weighted by atomic mass is 79.9. The van der Waals surface area contributed by atoms with E-state index in [1.807, 2.05) is 0 Å². The van der Waals surface area contributed by atoms with Gasteiger partial charge in [0.2, 0.25) is 20.0 Å². The van der Waals surface area contributed by atoms with Crippen molar-refractivity contribution in [1.82, 2.24) is 9.71 Å². The van der Waals surface area contributed by atoms with Crippen molar-refractivity contribution in [2.75, 3.05) is 5.32 Å². The molecule has 37 heavy (non-hydrogen) atoms. The molecule has 0 aliphatic heterocycles. The molecule has 1 fully saturated rings. The number of nitrogens with two attached hydrogens (primary N) is 1. The number of nitrogens with one attached hydrogen (secondary N) is 2. The maximum Gasteiger partial charge on any atom is 0.244 e. The van der Waals surface area contributed by atoms with Crippen LogP contribution in [0.25, 0.3) is 10.9 Å². The van der Waals surface area contributed by atoms with Crippen LogP contribution in [0.3, 0.4) is 0 Å². The van der Waals surface area contributed by atoms with E-state index in [4.69, 9.17) is 9.88 Å². The predicted octanol–water partition coefficient (Wildman–Crippen LogP) is 4.76. The van der Waals surface area contributed by atoms with Gasteiger partial charge in [-0.2, -0.15) is 0 Å². The molecule has 1 aliphatic carbocycles. The number of rotatable bonds is 8. The van der Waals surface area contributed by atoms with Crippen molar-refractivity contribution in [2.24, 2.45) is 5.14 Å². The molecule has 0 bridgehead atoms. The Kier molecular flexibility index (Phi) is 6.66. The van der Waals surface area contributed by atoms with Crippen LogP contribution >= 0.6 is 15.9 Å². The molecule has 0 radical (unpaired) electrons. The summed E-state index contributed by atoms with van der Waals surface area (Å²) in [7, 11) is -8.11. The number of sulfonamides is 2. The van der Waals surface area contributed by atoms with Crippen molar-refractivity contribution in [1.29, 1.82) is 0 Å². The van der Waals surface area contributed by atoms with Gasteiger partial charge < -0.3 is 10.1 Å². The molecular formula is C24H20BrFN4O5S2. The van der Waals surface area contributed by atoms with Gasteiger partial charge in [0.15, 0.2) is 0 Å². The van der Waals surface area contributed by atoms with E-state index in [1.165, 1.54) is 48.7 Å². The summed E-state index contributed by atoms with van der Waals surface area (Å²) in [5, 5.41) is 8.93. The maximum absolute atomic E-state index is 13.3. The van der Waals surface area contributed by atoms with E-state index >= 15 is 0 Å². The monoisotopic (exact) mass is 606 g/mol. The molecule has 3 aromatic carbocycles. The van der Waals surface area contributed by atoms with Crippen LogP contribution in [-0.4, -0.2) is 27.9 Å². The summed E-state index contributed by atoms with van der Waals surface area (Å²) < 4.78 is 73.2. The lowest BCUT2D eigenvalue weighted by Gasteiger charge is -2.17. The lowest BCUT2D eigenvalue weighted by atomic mass is 10.1. The summed E-state index contributed by atoms with van der Waals surface area (Å²) >= 11 is 3.39. The number of benzene rings is 3. The van der Waals surface area contributed by atoms with Gasteiger partial charge in [-0.1, -0.05) is 15.9 Å². The third-order valence-electron chi connectivity index (χ3n) is 5.51. The molecular weight excluding hydrogens is 587 g/mol. The van der Waals surface area contributed by atoms with Crippen molar-refractivity contribution in [3.8, 4) is 11.5 Å². The Morgan fingerprint density at radius 1 is 0.973 bits per heavy atom. The fourth-order valence-corrected chi connectivity index (χ4v) is 5.96. The third-order valence-corrected chi connectivity index (χ3v) is 8.43. The van der Waals surface area contributed by atoms with Gasteiger partial charge in [-0.3, -0.25) is 4.98 Å². The second-order valence-corrected chi connectivity index (χ2v) is 12.6. The first-order valence-electron chi connectivity index (χ1n) is 11.0. The van der Waals surface area contributed by atoms with Crippen LogP contribution in [0.2, 0.25) is 0 Å². The molecule has 9 nitrogen and oxygen atoms in total. The minimum Gasteiger partial charge on any atom is -0.457 e. The molecule has 4 aromatic rings. The number of pyridine rings is 1. The third kappa shape index (κ3) is 5.91. The van der Waals surface area contributed by atoms with Crippen LogP contribution in [0.5, 0.6) is 11.5 Å². The van der Waals surface area contributed by atoms with Crippen LogP contribution < -0.4 is 19.9 Å².